The van der Waals surface area contributed by atoms with Crippen molar-refractivity contribution < 1.29 is 14.3 Å². The molecule has 0 unspecified atom stereocenters. The molecule has 0 bridgehead atoms. The highest BCUT2D eigenvalue weighted by Gasteiger charge is 2.12. The van der Waals surface area contributed by atoms with Gasteiger partial charge in [0, 0.05) is 33.7 Å². The monoisotopic (exact) mass is 292 g/mol. The van der Waals surface area contributed by atoms with Gasteiger partial charge in [0.25, 0.3) is 0 Å². The summed E-state index contributed by atoms with van der Waals surface area (Å²) in [6.45, 7) is 5.16. The summed E-state index contributed by atoms with van der Waals surface area (Å²) in [5, 5.41) is 2.83. The number of hydrogen-bond acceptors (Lipinski definition) is 3. The summed E-state index contributed by atoms with van der Waals surface area (Å²) >= 11 is 0. The van der Waals surface area contributed by atoms with Gasteiger partial charge < -0.3 is 15.0 Å². The number of nitrogens with one attached hydrogen (secondary N) is 1. The molecule has 5 nitrogen and oxygen atoms in total. The van der Waals surface area contributed by atoms with Crippen molar-refractivity contribution >= 4 is 11.8 Å². The topological polar surface area (TPSA) is 58.6 Å². The minimum absolute atomic E-state index is 0.0882. The van der Waals surface area contributed by atoms with Crippen LogP contribution in [0.1, 0.15) is 24.5 Å². The largest absolute Gasteiger partial charge is 0.385 e. The van der Waals surface area contributed by atoms with Gasteiger partial charge in [-0.05, 0) is 18.9 Å². The summed E-state index contributed by atoms with van der Waals surface area (Å²) in [6.07, 6.45) is 0.724. The minimum atomic E-state index is -0.150. The third kappa shape index (κ3) is 6.90. The average Bonchev–Trinajstić information content (AvgIpc) is 2.45. The Balaban J connectivity index is 2.39. The second-order valence-corrected chi connectivity index (χ2v) is 5.05. The number of nitrogens with zero attached hydrogens (tertiary/aromatic N) is 1. The van der Waals surface area contributed by atoms with E-state index in [1.54, 1.807) is 7.11 Å². The Morgan fingerprint density at radius 2 is 1.90 bits per heavy atom. The van der Waals surface area contributed by atoms with Gasteiger partial charge in [0.1, 0.15) is 0 Å². The van der Waals surface area contributed by atoms with Gasteiger partial charge in [-0.15, -0.1) is 0 Å². The van der Waals surface area contributed by atoms with E-state index in [1.807, 2.05) is 31.2 Å². The van der Waals surface area contributed by atoms with Crippen LogP contribution in [-0.2, 0) is 20.9 Å². The van der Waals surface area contributed by atoms with Crippen LogP contribution in [0.25, 0.3) is 0 Å². The third-order valence-electron chi connectivity index (χ3n) is 3.17. The van der Waals surface area contributed by atoms with Crippen molar-refractivity contribution in [3.63, 3.8) is 0 Å². The van der Waals surface area contributed by atoms with Crippen LogP contribution >= 0.6 is 0 Å². The van der Waals surface area contributed by atoms with Crippen LogP contribution in [0.4, 0.5) is 0 Å². The van der Waals surface area contributed by atoms with Crippen molar-refractivity contribution in [3.05, 3.63) is 35.4 Å². The van der Waals surface area contributed by atoms with Crippen molar-refractivity contribution in [3.8, 4) is 0 Å². The molecule has 0 saturated heterocycles. The van der Waals surface area contributed by atoms with Crippen LogP contribution in [-0.4, -0.2) is 43.5 Å². The minimum Gasteiger partial charge on any atom is -0.385 e. The molecule has 1 aromatic carbocycles. The molecule has 1 N–H and O–H groups in total. The summed E-state index contributed by atoms with van der Waals surface area (Å²) in [5.74, 6) is -0.250. The fraction of sp³-hybridized carbons (Fsp3) is 0.500. The smallest absolute Gasteiger partial charge is 0.239 e. The normalized spacial score (nSPS) is 10.2. The predicted molar refractivity (Wildman–Crippen MR) is 81.8 cm³/mol. The molecule has 0 aromatic heterocycles. The number of methoxy groups -OCH3 is 1. The molecule has 0 fully saturated rings. The molecule has 1 aromatic rings. The Morgan fingerprint density at radius 1 is 1.24 bits per heavy atom. The summed E-state index contributed by atoms with van der Waals surface area (Å²) in [5.41, 5.74) is 2.23. The number of hydrogen-bond donors (Lipinski definition) is 1. The van der Waals surface area contributed by atoms with Crippen LogP contribution < -0.4 is 5.32 Å². The second kappa shape index (κ2) is 9.13. The van der Waals surface area contributed by atoms with Gasteiger partial charge in [0.15, 0.2) is 0 Å². The average molecular weight is 292 g/mol. The zero-order valence-corrected chi connectivity index (χ0v) is 13.0. The summed E-state index contributed by atoms with van der Waals surface area (Å²) in [6, 6.07) is 7.98. The highest BCUT2D eigenvalue weighted by molar-refractivity contribution is 5.83. The Kier molecular flexibility index (Phi) is 7.46. The van der Waals surface area contributed by atoms with Crippen molar-refractivity contribution in [2.24, 2.45) is 0 Å². The lowest BCUT2D eigenvalue weighted by molar-refractivity contribution is -0.134. The van der Waals surface area contributed by atoms with Gasteiger partial charge in [-0.25, -0.2) is 0 Å². The lowest BCUT2D eigenvalue weighted by Crippen LogP contribution is -2.40. The Morgan fingerprint density at radius 3 is 2.48 bits per heavy atom. The third-order valence-corrected chi connectivity index (χ3v) is 3.17. The van der Waals surface area contributed by atoms with Crippen molar-refractivity contribution in [1.29, 1.82) is 0 Å². The van der Waals surface area contributed by atoms with E-state index in [1.165, 1.54) is 17.4 Å². The highest BCUT2D eigenvalue weighted by atomic mass is 16.5. The van der Waals surface area contributed by atoms with Crippen LogP contribution in [0.15, 0.2) is 24.3 Å². The number of ether oxygens (including phenoxy) is 1. The molecule has 0 atom stereocenters. The first-order valence-electron chi connectivity index (χ1n) is 7.09. The molecule has 0 spiro atoms. The van der Waals surface area contributed by atoms with Crippen molar-refractivity contribution in [1.82, 2.24) is 10.2 Å². The fourth-order valence-electron chi connectivity index (χ4n) is 1.88. The Labute approximate surface area is 126 Å². The van der Waals surface area contributed by atoms with Crippen LogP contribution in [0.3, 0.4) is 0 Å². The van der Waals surface area contributed by atoms with E-state index in [9.17, 15) is 9.59 Å². The lowest BCUT2D eigenvalue weighted by atomic mass is 10.1. The maximum absolute atomic E-state index is 11.9. The molecule has 1 rings (SSSR count). The Bertz CT molecular complexity index is 457. The fourth-order valence-corrected chi connectivity index (χ4v) is 1.88. The first-order valence-corrected chi connectivity index (χ1v) is 7.09. The summed E-state index contributed by atoms with van der Waals surface area (Å²) in [7, 11) is 1.62. The number of carbonyl (C=O) groups is 2. The molecule has 0 aliphatic heterocycles. The highest BCUT2D eigenvalue weighted by Crippen LogP contribution is 2.02. The van der Waals surface area contributed by atoms with Gasteiger partial charge >= 0.3 is 0 Å². The van der Waals surface area contributed by atoms with Gasteiger partial charge in [-0.3, -0.25) is 9.59 Å². The van der Waals surface area contributed by atoms with Crippen LogP contribution in [0, 0.1) is 6.92 Å². The lowest BCUT2D eigenvalue weighted by Gasteiger charge is -2.20. The first kappa shape index (κ1) is 17.2. The maximum Gasteiger partial charge on any atom is 0.239 e. The van der Waals surface area contributed by atoms with E-state index in [0.29, 0.717) is 19.7 Å². The van der Waals surface area contributed by atoms with Gasteiger partial charge in [0.2, 0.25) is 11.8 Å². The van der Waals surface area contributed by atoms with Crippen LogP contribution in [0.5, 0.6) is 0 Å². The predicted octanol–water partition coefficient (Wildman–Crippen LogP) is 1.50. The van der Waals surface area contributed by atoms with E-state index < -0.39 is 0 Å². The standard InChI is InChI=1S/C16H24N2O3/c1-13-5-7-15(8-6-13)11-17-16(20)12-18(14(2)19)9-4-10-21-3/h5-8H,4,9-12H2,1-3H3,(H,17,20). The van der Waals surface area contributed by atoms with Crippen molar-refractivity contribution in [2.75, 3.05) is 26.8 Å². The molecule has 0 aliphatic rings. The summed E-state index contributed by atoms with van der Waals surface area (Å²) < 4.78 is 4.95. The maximum atomic E-state index is 11.9. The molecule has 0 aliphatic carbocycles. The quantitative estimate of drug-likeness (QED) is 0.739. The summed E-state index contributed by atoms with van der Waals surface area (Å²) in [4.78, 5) is 24.9. The van der Waals surface area contributed by atoms with Gasteiger partial charge in [-0.1, -0.05) is 29.8 Å². The number of amides is 2. The molecule has 116 valence electrons. The van der Waals surface area contributed by atoms with Gasteiger partial charge in [0.05, 0.1) is 6.54 Å². The van der Waals surface area contributed by atoms with E-state index in [0.717, 1.165) is 12.0 Å². The van der Waals surface area contributed by atoms with E-state index in [4.69, 9.17) is 4.74 Å². The number of rotatable bonds is 8. The molecule has 5 heteroatoms. The molecular formula is C16H24N2O3. The molecule has 2 amide bonds. The molecule has 21 heavy (non-hydrogen) atoms. The molecular weight excluding hydrogens is 268 g/mol. The first-order chi connectivity index (χ1) is 10.0. The van der Waals surface area contributed by atoms with E-state index in [2.05, 4.69) is 5.32 Å². The number of benzene rings is 1. The number of aryl methyl sites for hydroxylation is 1. The number of carbonyl (C=O) groups excluding carboxylic acids is 2. The second-order valence-electron chi connectivity index (χ2n) is 5.05. The van der Waals surface area contributed by atoms with E-state index in [-0.39, 0.29) is 18.4 Å². The zero-order chi connectivity index (χ0) is 15.7. The SMILES string of the molecule is COCCCN(CC(=O)NCc1ccc(C)cc1)C(C)=O. The van der Waals surface area contributed by atoms with Gasteiger partial charge in [-0.2, -0.15) is 0 Å². The van der Waals surface area contributed by atoms with E-state index >= 15 is 0 Å². The molecule has 0 heterocycles. The van der Waals surface area contributed by atoms with Crippen molar-refractivity contribution in [2.45, 2.75) is 26.8 Å². The molecule has 0 saturated carbocycles. The Hall–Kier alpha value is -1.88. The van der Waals surface area contributed by atoms with Crippen LogP contribution in [0.2, 0.25) is 0 Å². The molecule has 0 radical (unpaired) electrons. The zero-order valence-electron chi connectivity index (χ0n) is 13.0.